The first-order valence-electron chi connectivity index (χ1n) is 6.26. The lowest BCUT2D eigenvalue weighted by Crippen LogP contribution is -2.29. The third-order valence-corrected chi connectivity index (χ3v) is 3.19. The van der Waals surface area contributed by atoms with E-state index in [9.17, 15) is 9.59 Å². The fourth-order valence-electron chi connectivity index (χ4n) is 1.77. The lowest BCUT2D eigenvalue weighted by atomic mass is 9.99. The van der Waals surface area contributed by atoms with Gasteiger partial charge < -0.3 is 15.6 Å². The maximum atomic E-state index is 12.3. The van der Waals surface area contributed by atoms with Crippen molar-refractivity contribution in [2.75, 3.05) is 5.32 Å². The molecule has 2 rings (SSSR count). The summed E-state index contributed by atoms with van der Waals surface area (Å²) in [4.78, 5) is 24.1. The molecule has 0 aliphatic carbocycles. The lowest BCUT2D eigenvalue weighted by Gasteiger charge is -2.11. The molecule has 1 amide bonds. The van der Waals surface area contributed by atoms with Crippen molar-refractivity contribution in [2.24, 2.45) is 5.73 Å². The summed E-state index contributed by atoms with van der Waals surface area (Å²) in [6.07, 6.45) is 1.38. The molecule has 0 bridgehead atoms. The minimum Gasteiger partial charge on any atom is -0.363 e. The zero-order valence-electron chi connectivity index (χ0n) is 11.3. The molecule has 0 fully saturated rings. The number of amides is 1. The molecule has 6 nitrogen and oxygen atoms in total. The zero-order valence-corrected chi connectivity index (χ0v) is 12.1. The second kappa shape index (κ2) is 6.51. The standard InChI is InChI=1S/C14H14ClN3O3/c1-8(16)11(19)7-9-3-2-4-10(15)13(9)14(20)17-12-5-6-21-18-12/h2-6,8H,7,16H2,1H3,(H,17,18,20)/t8-/m0/s1. The van der Waals surface area contributed by atoms with Gasteiger partial charge in [-0.1, -0.05) is 28.9 Å². The Morgan fingerprint density at radius 2 is 2.19 bits per heavy atom. The Hall–Kier alpha value is -2.18. The van der Waals surface area contributed by atoms with E-state index in [-0.39, 0.29) is 28.6 Å². The number of nitrogens with two attached hydrogens (primary N) is 1. The molecule has 1 heterocycles. The van der Waals surface area contributed by atoms with E-state index < -0.39 is 11.9 Å². The average Bonchev–Trinajstić information content (AvgIpc) is 2.91. The molecule has 0 unspecified atom stereocenters. The molecule has 21 heavy (non-hydrogen) atoms. The van der Waals surface area contributed by atoms with Crippen LogP contribution in [0.25, 0.3) is 0 Å². The molecular weight excluding hydrogens is 294 g/mol. The molecule has 1 aromatic carbocycles. The van der Waals surface area contributed by atoms with Gasteiger partial charge in [-0.25, -0.2) is 0 Å². The summed E-state index contributed by atoms with van der Waals surface area (Å²) in [5, 5.41) is 6.40. The van der Waals surface area contributed by atoms with Crippen molar-refractivity contribution in [3.8, 4) is 0 Å². The van der Waals surface area contributed by atoms with Gasteiger partial charge in [-0.3, -0.25) is 9.59 Å². The molecule has 7 heteroatoms. The Balaban J connectivity index is 2.29. The van der Waals surface area contributed by atoms with E-state index in [0.29, 0.717) is 5.56 Å². The monoisotopic (exact) mass is 307 g/mol. The van der Waals surface area contributed by atoms with Crippen molar-refractivity contribution >= 4 is 29.1 Å². The van der Waals surface area contributed by atoms with Crippen molar-refractivity contribution in [2.45, 2.75) is 19.4 Å². The molecule has 1 atom stereocenters. The predicted molar refractivity (Wildman–Crippen MR) is 78.3 cm³/mol. The number of halogens is 1. The molecule has 3 N–H and O–H groups in total. The summed E-state index contributed by atoms with van der Waals surface area (Å²) in [6.45, 7) is 1.60. The Bertz CT molecular complexity index is 653. The van der Waals surface area contributed by atoms with E-state index in [1.54, 1.807) is 25.1 Å². The minimum atomic E-state index is -0.601. The van der Waals surface area contributed by atoms with Crippen LogP contribution in [0.5, 0.6) is 0 Å². The first-order chi connectivity index (χ1) is 9.99. The van der Waals surface area contributed by atoms with Gasteiger partial charge in [0.1, 0.15) is 6.26 Å². The Kier molecular flexibility index (Phi) is 4.72. The van der Waals surface area contributed by atoms with Crippen LogP contribution >= 0.6 is 11.6 Å². The molecule has 110 valence electrons. The molecule has 0 saturated heterocycles. The summed E-state index contributed by atoms with van der Waals surface area (Å²) >= 11 is 6.08. The Labute approximate surface area is 126 Å². The molecule has 0 radical (unpaired) electrons. The molecular formula is C14H14ClN3O3. The maximum Gasteiger partial charge on any atom is 0.258 e. The van der Waals surface area contributed by atoms with Crippen LogP contribution in [0.4, 0.5) is 5.82 Å². The largest absolute Gasteiger partial charge is 0.363 e. The smallest absolute Gasteiger partial charge is 0.258 e. The van der Waals surface area contributed by atoms with Crippen molar-refractivity contribution in [3.63, 3.8) is 0 Å². The number of hydrogen-bond donors (Lipinski definition) is 2. The van der Waals surface area contributed by atoms with Crippen molar-refractivity contribution in [1.82, 2.24) is 5.16 Å². The Morgan fingerprint density at radius 3 is 2.81 bits per heavy atom. The van der Waals surface area contributed by atoms with Gasteiger partial charge in [0, 0.05) is 12.5 Å². The number of Topliss-reactive ketones (excluding diaryl/α,β-unsaturated/α-hetero) is 1. The fraction of sp³-hybridized carbons (Fsp3) is 0.214. The number of carbonyl (C=O) groups is 2. The van der Waals surface area contributed by atoms with E-state index in [2.05, 4.69) is 15.0 Å². The summed E-state index contributed by atoms with van der Waals surface area (Å²) in [5.41, 5.74) is 6.30. The predicted octanol–water partition coefficient (Wildman–Crippen LogP) is 2.04. The number of aromatic nitrogens is 1. The summed E-state index contributed by atoms with van der Waals surface area (Å²) < 4.78 is 4.64. The first-order valence-corrected chi connectivity index (χ1v) is 6.64. The van der Waals surface area contributed by atoms with Crippen LogP contribution in [0, 0.1) is 0 Å². The highest BCUT2D eigenvalue weighted by molar-refractivity contribution is 6.34. The summed E-state index contributed by atoms with van der Waals surface area (Å²) in [5.74, 6) is -0.362. The van der Waals surface area contributed by atoms with E-state index in [4.69, 9.17) is 17.3 Å². The number of nitrogens with zero attached hydrogens (tertiary/aromatic N) is 1. The number of rotatable bonds is 5. The first kappa shape index (κ1) is 15.2. The number of ketones is 1. The summed E-state index contributed by atoms with van der Waals surface area (Å²) in [6, 6.07) is 5.83. The second-order valence-electron chi connectivity index (χ2n) is 4.54. The van der Waals surface area contributed by atoms with E-state index in [0.717, 1.165) is 0 Å². The lowest BCUT2D eigenvalue weighted by molar-refractivity contribution is -0.119. The average molecular weight is 308 g/mol. The molecule has 0 spiro atoms. The molecule has 0 aliphatic heterocycles. The van der Waals surface area contributed by atoms with Gasteiger partial charge in [-0.15, -0.1) is 0 Å². The zero-order chi connectivity index (χ0) is 15.4. The molecule has 0 aliphatic rings. The molecule has 2 aromatic rings. The van der Waals surface area contributed by atoms with Gasteiger partial charge in [0.25, 0.3) is 5.91 Å². The topological polar surface area (TPSA) is 98.2 Å². The van der Waals surface area contributed by atoms with Gasteiger partial charge in [0.15, 0.2) is 11.6 Å². The third-order valence-electron chi connectivity index (χ3n) is 2.88. The van der Waals surface area contributed by atoms with E-state index in [1.807, 2.05) is 0 Å². The van der Waals surface area contributed by atoms with Gasteiger partial charge in [-0.05, 0) is 18.6 Å². The highest BCUT2D eigenvalue weighted by Gasteiger charge is 2.19. The quantitative estimate of drug-likeness (QED) is 0.880. The van der Waals surface area contributed by atoms with Crippen LogP contribution in [0.2, 0.25) is 5.02 Å². The number of benzene rings is 1. The van der Waals surface area contributed by atoms with E-state index in [1.165, 1.54) is 12.3 Å². The van der Waals surface area contributed by atoms with Crippen LogP contribution in [-0.2, 0) is 11.2 Å². The number of nitrogens with one attached hydrogen (secondary N) is 1. The normalized spacial score (nSPS) is 12.0. The van der Waals surface area contributed by atoms with Crippen LogP contribution in [-0.4, -0.2) is 22.9 Å². The highest BCUT2D eigenvalue weighted by Crippen LogP contribution is 2.22. The van der Waals surface area contributed by atoms with Crippen molar-refractivity contribution < 1.29 is 14.1 Å². The SMILES string of the molecule is C[C@H](N)C(=O)Cc1cccc(Cl)c1C(=O)Nc1ccon1. The van der Waals surface area contributed by atoms with Crippen molar-refractivity contribution in [3.05, 3.63) is 46.7 Å². The van der Waals surface area contributed by atoms with Gasteiger partial charge in [0.05, 0.1) is 16.6 Å². The van der Waals surface area contributed by atoms with Gasteiger partial charge >= 0.3 is 0 Å². The molecule has 0 saturated carbocycles. The van der Waals surface area contributed by atoms with Gasteiger partial charge in [0.2, 0.25) is 0 Å². The van der Waals surface area contributed by atoms with Crippen LogP contribution in [0.3, 0.4) is 0 Å². The fourth-order valence-corrected chi connectivity index (χ4v) is 2.05. The van der Waals surface area contributed by atoms with E-state index >= 15 is 0 Å². The van der Waals surface area contributed by atoms with Gasteiger partial charge in [-0.2, -0.15) is 0 Å². The number of carbonyl (C=O) groups excluding carboxylic acids is 2. The highest BCUT2D eigenvalue weighted by atomic mass is 35.5. The Morgan fingerprint density at radius 1 is 1.43 bits per heavy atom. The minimum absolute atomic E-state index is 0.0415. The number of hydrogen-bond acceptors (Lipinski definition) is 5. The van der Waals surface area contributed by atoms with Crippen LogP contribution in [0.15, 0.2) is 35.1 Å². The molecule has 1 aromatic heterocycles. The second-order valence-corrected chi connectivity index (χ2v) is 4.95. The third kappa shape index (κ3) is 3.68. The number of anilines is 1. The van der Waals surface area contributed by atoms with Crippen molar-refractivity contribution in [1.29, 1.82) is 0 Å². The van der Waals surface area contributed by atoms with Crippen LogP contribution in [0.1, 0.15) is 22.8 Å². The maximum absolute atomic E-state index is 12.3. The summed E-state index contributed by atoms with van der Waals surface area (Å²) in [7, 11) is 0. The van der Waals surface area contributed by atoms with Crippen LogP contribution < -0.4 is 11.1 Å².